The second kappa shape index (κ2) is 7.36. The zero-order chi connectivity index (χ0) is 22.4. The van der Waals surface area contributed by atoms with Crippen LogP contribution in [0.15, 0.2) is 52.2 Å². The van der Waals surface area contributed by atoms with Crippen LogP contribution in [0.4, 0.5) is 0 Å². The molecule has 1 unspecified atom stereocenters. The summed E-state index contributed by atoms with van der Waals surface area (Å²) in [5.41, 5.74) is 6.26. The lowest BCUT2D eigenvalue weighted by molar-refractivity contribution is 0.392. The van der Waals surface area contributed by atoms with E-state index in [1.807, 2.05) is 10.7 Å². The Morgan fingerprint density at radius 2 is 1.68 bits per heavy atom. The highest BCUT2D eigenvalue weighted by molar-refractivity contribution is 5.49. The summed E-state index contributed by atoms with van der Waals surface area (Å²) in [5, 5.41) is 13.1. The molecule has 0 saturated carbocycles. The molecule has 4 heterocycles. The minimum atomic E-state index is -0.237. The molecule has 0 N–H and O–H groups in total. The van der Waals surface area contributed by atoms with Crippen molar-refractivity contribution in [3.05, 3.63) is 71.2 Å². The monoisotopic (exact) mass is 420 g/mol. The predicted molar refractivity (Wildman–Crippen MR) is 120 cm³/mol. The van der Waals surface area contributed by atoms with E-state index in [9.17, 15) is 0 Å². The smallest absolute Gasteiger partial charge is 0.127 e. The van der Waals surface area contributed by atoms with Gasteiger partial charge in [0.15, 0.2) is 0 Å². The number of pyridine rings is 1. The van der Waals surface area contributed by atoms with E-state index < -0.39 is 0 Å². The lowest BCUT2D eigenvalue weighted by Crippen LogP contribution is -2.29. The highest BCUT2D eigenvalue weighted by Crippen LogP contribution is 2.35. The van der Waals surface area contributed by atoms with Crippen LogP contribution in [0, 0.1) is 0 Å². The van der Waals surface area contributed by atoms with Gasteiger partial charge in [-0.2, -0.15) is 5.10 Å². The summed E-state index contributed by atoms with van der Waals surface area (Å²) < 4.78 is 12.6. The fraction of sp³-hybridized carbons (Fsp3) is 0.480. The summed E-state index contributed by atoms with van der Waals surface area (Å²) in [6, 6.07) is 6.49. The fourth-order valence-electron chi connectivity index (χ4n) is 4.14. The molecule has 0 fully saturated rings. The van der Waals surface area contributed by atoms with Crippen LogP contribution >= 0.6 is 0 Å². The van der Waals surface area contributed by atoms with Crippen molar-refractivity contribution in [3.8, 4) is 0 Å². The Balaban J connectivity index is 1.70. The molecule has 0 aliphatic carbocycles. The molecule has 0 spiro atoms. The van der Waals surface area contributed by atoms with Crippen molar-refractivity contribution in [1.29, 1.82) is 0 Å². The van der Waals surface area contributed by atoms with E-state index in [1.165, 1.54) is 5.56 Å². The molecule has 164 valence electrons. The van der Waals surface area contributed by atoms with E-state index in [0.29, 0.717) is 0 Å². The van der Waals surface area contributed by atoms with E-state index in [1.54, 1.807) is 12.5 Å². The molecule has 0 amide bonds. The number of fused-ring (bicyclic) bond motifs is 1. The second-order valence-corrected chi connectivity index (χ2v) is 11.0. The van der Waals surface area contributed by atoms with Gasteiger partial charge in [-0.05, 0) is 30.5 Å². The predicted octanol–water partition coefficient (Wildman–Crippen LogP) is 5.65. The van der Waals surface area contributed by atoms with Gasteiger partial charge in [0, 0.05) is 33.6 Å². The quantitative estimate of drug-likeness (QED) is 0.417. The van der Waals surface area contributed by atoms with Crippen LogP contribution in [-0.4, -0.2) is 19.9 Å². The average molecular weight is 421 g/mol. The second-order valence-electron chi connectivity index (χ2n) is 11.0. The maximum absolute atomic E-state index is 5.37. The van der Waals surface area contributed by atoms with E-state index >= 15 is 0 Å². The van der Waals surface area contributed by atoms with E-state index in [-0.39, 0.29) is 16.2 Å². The van der Waals surface area contributed by atoms with Gasteiger partial charge in [0.2, 0.25) is 0 Å². The number of hydrogen-bond donors (Lipinski definition) is 0. The Labute approximate surface area is 183 Å². The molecule has 1 atom stereocenters. The number of rotatable bonds is 5. The Hall–Kier alpha value is -2.89. The highest BCUT2D eigenvalue weighted by atomic mass is 16.5. The van der Waals surface area contributed by atoms with Crippen LogP contribution in [0.1, 0.15) is 76.5 Å². The van der Waals surface area contributed by atoms with Gasteiger partial charge in [0.25, 0.3) is 0 Å². The van der Waals surface area contributed by atoms with Crippen LogP contribution in [0.3, 0.4) is 0 Å². The summed E-state index contributed by atoms with van der Waals surface area (Å²) >= 11 is 0. The van der Waals surface area contributed by atoms with E-state index in [4.69, 9.17) is 14.1 Å². The summed E-state index contributed by atoms with van der Waals surface area (Å²) in [4.78, 5) is 0. The molecule has 0 aliphatic heterocycles. The zero-order valence-electron chi connectivity index (χ0n) is 19.6. The molecule has 4 aromatic rings. The first-order chi connectivity index (χ1) is 14.5. The van der Waals surface area contributed by atoms with Gasteiger partial charge in [0.1, 0.15) is 12.5 Å². The first-order valence-corrected chi connectivity index (χ1v) is 10.8. The van der Waals surface area contributed by atoms with Gasteiger partial charge in [-0.15, -0.1) is 0 Å². The van der Waals surface area contributed by atoms with Gasteiger partial charge in [-0.25, -0.2) is 4.52 Å². The van der Waals surface area contributed by atoms with Crippen LogP contribution in [0.25, 0.3) is 5.52 Å². The first-order valence-electron chi connectivity index (χ1n) is 10.8. The summed E-state index contributed by atoms with van der Waals surface area (Å²) in [7, 11) is 0. The van der Waals surface area contributed by atoms with Gasteiger partial charge in [-0.1, -0.05) is 64.8 Å². The third-order valence-electron chi connectivity index (χ3n) is 5.95. The normalized spacial score (nSPS) is 14.8. The van der Waals surface area contributed by atoms with Crippen LogP contribution < -0.4 is 0 Å². The van der Waals surface area contributed by atoms with Crippen LogP contribution in [-0.2, 0) is 29.1 Å². The number of hydrogen-bond acceptors (Lipinski definition) is 5. The largest absolute Gasteiger partial charge is 0.364 e. The van der Waals surface area contributed by atoms with Crippen LogP contribution in [0.5, 0.6) is 0 Å². The third kappa shape index (κ3) is 4.29. The van der Waals surface area contributed by atoms with Gasteiger partial charge in [0.05, 0.1) is 23.1 Å². The fourth-order valence-corrected chi connectivity index (χ4v) is 4.14. The minimum absolute atomic E-state index is 0.0147. The highest BCUT2D eigenvalue weighted by Gasteiger charge is 2.33. The Morgan fingerprint density at radius 3 is 2.32 bits per heavy atom. The summed E-state index contributed by atoms with van der Waals surface area (Å²) in [5.74, 6) is 0. The number of nitrogens with zero attached hydrogens (tertiary/aromatic N) is 4. The van der Waals surface area contributed by atoms with E-state index in [2.05, 4.69) is 83.2 Å². The maximum Gasteiger partial charge on any atom is 0.127 e. The molecule has 31 heavy (non-hydrogen) atoms. The van der Waals surface area contributed by atoms with Crippen molar-refractivity contribution >= 4 is 5.52 Å². The number of aromatic nitrogens is 4. The van der Waals surface area contributed by atoms with Crippen LogP contribution in [0.2, 0.25) is 0 Å². The molecular weight excluding hydrogens is 388 g/mol. The van der Waals surface area contributed by atoms with Crippen molar-refractivity contribution in [3.63, 3.8) is 0 Å². The van der Waals surface area contributed by atoms with E-state index in [0.717, 1.165) is 40.9 Å². The molecule has 0 aromatic carbocycles. The molecule has 4 aromatic heterocycles. The van der Waals surface area contributed by atoms with Gasteiger partial charge >= 0.3 is 0 Å². The lowest BCUT2D eigenvalue weighted by atomic mass is 9.73. The molecular formula is C25H32N4O2. The summed E-state index contributed by atoms with van der Waals surface area (Å²) in [6.07, 6.45) is 9.05. The summed E-state index contributed by atoms with van der Waals surface area (Å²) in [6.45, 7) is 15.3. The molecule has 0 aliphatic rings. The molecule has 6 nitrogen and oxygen atoms in total. The van der Waals surface area contributed by atoms with Crippen molar-refractivity contribution in [2.24, 2.45) is 0 Å². The van der Waals surface area contributed by atoms with Gasteiger partial charge in [-0.3, -0.25) is 0 Å². The van der Waals surface area contributed by atoms with Crippen molar-refractivity contribution in [1.82, 2.24) is 19.9 Å². The molecule has 0 radical (unpaired) electrons. The minimum Gasteiger partial charge on any atom is -0.364 e. The van der Waals surface area contributed by atoms with Crippen molar-refractivity contribution in [2.75, 3.05) is 0 Å². The third-order valence-corrected chi connectivity index (χ3v) is 5.95. The average Bonchev–Trinajstić information content (AvgIpc) is 3.40. The Kier molecular flexibility index (Phi) is 5.07. The maximum atomic E-state index is 5.37. The standard InChI is InChI=1S/C25H32N4O2/c1-23(2,3)21-10-20-9-8-17(14-29(20)27-21)11-25(7,19-13-26-30-16-19)12-18-15-31-28-22(18)24(4,5)6/h8-10,13-16H,11-12H2,1-7H3. The molecule has 0 saturated heterocycles. The van der Waals surface area contributed by atoms with Crippen molar-refractivity contribution < 1.29 is 9.05 Å². The zero-order valence-corrected chi connectivity index (χ0v) is 19.6. The Bertz CT molecular complexity index is 1170. The Morgan fingerprint density at radius 1 is 0.903 bits per heavy atom. The first kappa shape index (κ1) is 21.3. The molecule has 6 heteroatoms. The van der Waals surface area contributed by atoms with Gasteiger partial charge < -0.3 is 9.05 Å². The molecule has 0 bridgehead atoms. The van der Waals surface area contributed by atoms with Crippen molar-refractivity contribution in [2.45, 2.75) is 77.6 Å². The lowest BCUT2D eigenvalue weighted by Gasteiger charge is -2.29. The topological polar surface area (TPSA) is 69.4 Å². The SMILES string of the molecule is CC(C)(C)c1cc2ccc(CC(C)(Cc3conc3C(C)(C)C)c3cnoc3)cn2n1. The molecule has 4 rings (SSSR count).